The van der Waals surface area contributed by atoms with Crippen molar-refractivity contribution in [3.05, 3.63) is 6.92 Å². The summed E-state index contributed by atoms with van der Waals surface area (Å²) in [6.45, 7) is 3.80. The van der Waals surface area contributed by atoms with Gasteiger partial charge in [-0.3, -0.25) is 0 Å². The van der Waals surface area contributed by atoms with Crippen molar-refractivity contribution >= 4 is 32.4 Å². The monoisotopic (exact) mass is 211 g/mol. The fourth-order valence-corrected chi connectivity index (χ4v) is 0. The molecule has 1 unspecified atom stereocenters. The second-order valence-electron chi connectivity index (χ2n) is 1.81. The zero-order valence-electron chi connectivity index (χ0n) is 4.31. The van der Waals surface area contributed by atoms with E-state index in [1.165, 1.54) is 0 Å². The molecule has 0 bridgehead atoms. The van der Waals surface area contributed by atoms with E-state index in [1.807, 2.05) is 0 Å². The average Bonchev–Trinajstić information content (AvgIpc) is 1.36. The van der Waals surface area contributed by atoms with Gasteiger partial charge in [-0.2, -0.15) is 0 Å². The molecule has 37 valence electrons. The minimum absolute atomic E-state index is 0.506. The van der Waals surface area contributed by atoms with Crippen LogP contribution in [0, 0.1) is 6.92 Å². The summed E-state index contributed by atoms with van der Waals surface area (Å²) in [7, 11) is 0. The van der Waals surface area contributed by atoms with Crippen LogP contribution in [-0.2, 0) is 0 Å². The summed E-state index contributed by atoms with van der Waals surface area (Å²) < 4.78 is 0.506. The second kappa shape index (κ2) is 3.19. The van der Waals surface area contributed by atoms with Gasteiger partial charge in [0.1, 0.15) is 0 Å². The van der Waals surface area contributed by atoms with E-state index in [0.29, 0.717) is 3.27 Å². The van der Waals surface area contributed by atoms with Crippen LogP contribution in [-0.4, -0.2) is 23.0 Å². The summed E-state index contributed by atoms with van der Waals surface area (Å²) in [5.41, 5.74) is 0. The van der Waals surface area contributed by atoms with E-state index in [-0.39, 0.29) is 0 Å². The molecule has 0 saturated heterocycles. The van der Waals surface area contributed by atoms with Gasteiger partial charge in [0.05, 0.1) is 0 Å². The average molecular weight is 210 g/mol. The first-order valence-electron chi connectivity index (χ1n) is 2.15. The molecule has 0 aliphatic carbocycles. The van der Waals surface area contributed by atoms with Crippen molar-refractivity contribution in [3.63, 3.8) is 0 Å². The molecule has 0 fully saturated rings. The molecule has 6 heavy (non-hydrogen) atoms. The van der Waals surface area contributed by atoms with Crippen molar-refractivity contribution in [1.29, 1.82) is 0 Å². The van der Waals surface area contributed by atoms with Crippen LogP contribution in [0.4, 0.5) is 0 Å². The van der Waals surface area contributed by atoms with Crippen LogP contribution in [0.3, 0.4) is 0 Å². The molecule has 2 heteroatoms. The SMILES string of the molecule is [CH2][CH](S)[SnH]([CH3])[CH3]. The van der Waals surface area contributed by atoms with Crippen LogP contribution < -0.4 is 0 Å². The molecule has 0 nitrogen and oxygen atoms in total. The molecule has 0 aromatic carbocycles. The maximum atomic E-state index is 4.18. The molecule has 0 rings (SSSR count). The number of rotatable bonds is 1. The Labute approximate surface area is 52.5 Å². The molecule has 0 amide bonds. The molecule has 0 aliphatic heterocycles. The number of thiol groups is 1. The van der Waals surface area contributed by atoms with Gasteiger partial charge in [0.25, 0.3) is 0 Å². The number of hydrogen-bond acceptors (Lipinski definition) is 1. The summed E-state index contributed by atoms with van der Waals surface area (Å²) in [6.07, 6.45) is 0. The first-order chi connectivity index (χ1) is 2.64. The van der Waals surface area contributed by atoms with E-state index in [9.17, 15) is 0 Å². The first kappa shape index (κ1) is 7.15. The molecule has 0 aromatic rings. The van der Waals surface area contributed by atoms with Gasteiger partial charge in [0.15, 0.2) is 0 Å². The minimum atomic E-state index is -1.05. The third-order valence-electron chi connectivity index (χ3n) is 0.770. The summed E-state index contributed by atoms with van der Waals surface area (Å²) >= 11 is 3.12. The number of hydrogen-bond donors (Lipinski definition) is 1. The predicted molar refractivity (Wildman–Crippen MR) is 37.0 cm³/mol. The van der Waals surface area contributed by atoms with Crippen molar-refractivity contribution in [2.45, 2.75) is 13.1 Å². The van der Waals surface area contributed by atoms with Crippen LogP contribution in [0.5, 0.6) is 0 Å². The molecule has 0 aliphatic rings. The van der Waals surface area contributed by atoms with Gasteiger partial charge in [-0.1, -0.05) is 0 Å². The fraction of sp³-hybridized carbons (Fsp3) is 0.750. The Hall–Kier alpha value is 1.15. The van der Waals surface area contributed by atoms with Crippen molar-refractivity contribution in [2.75, 3.05) is 0 Å². The summed E-state index contributed by atoms with van der Waals surface area (Å²) in [6, 6.07) is 0. The Morgan fingerprint density at radius 1 is 1.67 bits per heavy atom. The molecular weight excluding hydrogens is 199 g/mol. The van der Waals surface area contributed by atoms with Crippen molar-refractivity contribution in [1.82, 2.24) is 0 Å². The Kier molecular flexibility index (Phi) is 3.80. The van der Waals surface area contributed by atoms with Crippen LogP contribution in [0.1, 0.15) is 0 Å². The first-order valence-corrected chi connectivity index (χ1v) is 11.2. The van der Waals surface area contributed by atoms with E-state index < -0.39 is 19.8 Å². The molecule has 0 saturated carbocycles. The summed E-state index contributed by atoms with van der Waals surface area (Å²) in [5.74, 6) is 0. The second-order valence-corrected chi connectivity index (χ2v) is 13.5. The fourth-order valence-electron chi connectivity index (χ4n) is 0. The Morgan fingerprint density at radius 2 is 1.83 bits per heavy atom. The molecule has 0 spiro atoms. The Bertz CT molecular complexity index is 28.5. The Morgan fingerprint density at radius 3 is 1.83 bits per heavy atom. The zero-order valence-corrected chi connectivity index (χ0v) is 8.50. The van der Waals surface area contributed by atoms with E-state index in [4.69, 9.17) is 0 Å². The van der Waals surface area contributed by atoms with Gasteiger partial charge in [0.2, 0.25) is 0 Å². The maximum absolute atomic E-state index is 4.18. The van der Waals surface area contributed by atoms with E-state index in [1.54, 1.807) is 0 Å². The van der Waals surface area contributed by atoms with Crippen molar-refractivity contribution in [3.8, 4) is 0 Å². The quantitative estimate of drug-likeness (QED) is 0.486. The topological polar surface area (TPSA) is 0 Å². The van der Waals surface area contributed by atoms with Gasteiger partial charge in [-0.15, -0.1) is 0 Å². The van der Waals surface area contributed by atoms with Crippen LogP contribution in [0.25, 0.3) is 0 Å². The molecule has 0 heterocycles. The van der Waals surface area contributed by atoms with Gasteiger partial charge in [-0.25, -0.2) is 0 Å². The molecular formula is C4H11SSn. The normalized spacial score (nSPS) is 15.5. The molecule has 1 radical (unpaired) electrons. The zero-order chi connectivity index (χ0) is 5.15. The van der Waals surface area contributed by atoms with E-state index >= 15 is 0 Å². The van der Waals surface area contributed by atoms with Gasteiger partial charge < -0.3 is 0 Å². The van der Waals surface area contributed by atoms with E-state index in [0.717, 1.165) is 0 Å². The standard InChI is InChI=1S/C2H4S.2CH3.Sn.H/c1-2-3;;;;/h2-3H,1H2;2*1H3;;. The summed E-state index contributed by atoms with van der Waals surface area (Å²) in [4.78, 5) is 4.62. The van der Waals surface area contributed by atoms with E-state index in [2.05, 4.69) is 29.4 Å². The third-order valence-corrected chi connectivity index (χ3v) is 9.16. The van der Waals surface area contributed by atoms with Crippen LogP contribution in [0.2, 0.25) is 9.88 Å². The third kappa shape index (κ3) is 3.34. The van der Waals surface area contributed by atoms with Crippen LogP contribution in [0.15, 0.2) is 0 Å². The van der Waals surface area contributed by atoms with Crippen LogP contribution >= 0.6 is 12.6 Å². The van der Waals surface area contributed by atoms with Crippen molar-refractivity contribution in [2.24, 2.45) is 0 Å². The van der Waals surface area contributed by atoms with Gasteiger partial charge in [-0.05, 0) is 0 Å². The summed E-state index contributed by atoms with van der Waals surface area (Å²) in [5, 5.41) is 0. The molecule has 0 N–H and O–H groups in total. The Balaban J connectivity index is 2.99. The molecule has 1 atom stereocenters. The molecule has 0 aromatic heterocycles. The van der Waals surface area contributed by atoms with Gasteiger partial charge in [0, 0.05) is 0 Å². The van der Waals surface area contributed by atoms with Crippen molar-refractivity contribution < 1.29 is 0 Å². The van der Waals surface area contributed by atoms with Gasteiger partial charge >= 0.3 is 52.5 Å². The predicted octanol–water partition coefficient (Wildman–Crippen LogP) is 1.14.